The van der Waals surface area contributed by atoms with Crippen molar-refractivity contribution in [1.82, 2.24) is 10.3 Å². The molecule has 1 aromatic carbocycles. The zero-order chi connectivity index (χ0) is 13.1. The maximum Gasteiger partial charge on any atom is 0.0701 e. The van der Waals surface area contributed by atoms with E-state index in [0.717, 1.165) is 13.1 Å². The summed E-state index contributed by atoms with van der Waals surface area (Å²) in [5.41, 5.74) is 1.30. The zero-order valence-electron chi connectivity index (χ0n) is 10.3. The van der Waals surface area contributed by atoms with Crippen LogP contribution in [0.25, 0.3) is 10.8 Å². The highest BCUT2D eigenvalue weighted by molar-refractivity contribution is 9.11. The molecular formula is C15H13BrN2S. The van der Waals surface area contributed by atoms with Crippen molar-refractivity contribution in [3.63, 3.8) is 0 Å². The molecule has 0 amide bonds. The summed E-state index contributed by atoms with van der Waals surface area (Å²) in [5.74, 6) is 0. The minimum atomic E-state index is 0.883. The molecule has 3 rings (SSSR count). The van der Waals surface area contributed by atoms with Crippen molar-refractivity contribution < 1.29 is 0 Å². The minimum absolute atomic E-state index is 0.883. The number of hydrogen-bond acceptors (Lipinski definition) is 3. The van der Waals surface area contributed by atoms with Crippen molar-refractivity contribution in [1.29, 1.82) is 0 Å². The lowest BCUT2D eigenvalue weighted by Crippen LogP contribution is -2.11. The Morgan fingerprint density at radius 2 is 2.00 bits per heavy atom. The Labute approximate surface area is 124 Å². The van der Waals surface area contributed by atoms with Gasteiger partial charge in [-0.05, 0) is 51.1 Å². The number of rotatable bonds is 4. The molecule has 0 saturated heterocycles. The molecule has 0 fully saturated rings. The summed E-state index contributed by atoms with van der Waals surface area (Å²) in [4.78, 5) is 5.47. The van der Waals surface area contributed by atoms with Crippen molar-refractivity contribution in [2.45, 2.75) is 13.1 Å². The van der Waals surface area contributed by atoms with E-state index in [1.165, 1.54) is 25.0 Å². The standard InChI is InChI=1S/C15H13BrN2S/c16-15-4-3-14(19-15)10-18-8-11-1-2-13-9-17-6-5-12(13)7-11/h1-7,9,18H,8,10H2. The Balaban J connectivity index is 1.65. The van der Waals surface area contributed by atoms with E-state index >= 15 is 0 Å². The molecular weight excluding hydrogens is 320 g/mol. The fourth-order valence-corrected chi connectivity index (χ4v) is 3.47. The normalized spacial score (nSPS) is 11.0. The molecule has 19 heavy (non-hydrogen) atoms. The first-order valence-electron chi connectivity index (χ1n) is 6.09. The molecule has 0 saturated carbocycles. The van der Waals surface area contributed by atoms with Gasteiger partial charge in [0.05, 0.1) is 3.79 Å². The highest BCUT2D eigenvalue weighted by atomic mass is 79.9. The van der Waals surface area contributed by atoms with Crippen LogP contribution in [0.1, 0.15) is 10.4 Å². The van der Waals surface area contributed by atoms with Crippen LogP contribution in [0, 0.1) is 0 Å². The SMILES string of the molecule is Brc1ccc(CNCc2ccc3cnccc3c2)s1. The van der Waals surface area contributed by atoms with Crippen LogP contribution in [-0.2, 0) is 13.1 Å². The summed E-state index contributed by atoms with van der Waals surface area (Å²) in [6.45, 7) is 1.79. The zero-order valence-corrected chi connectivity index (χ0v) is 12.7. The molecule has 96 valence electrons. The van der Waals surface area contributed by atoms with Gasteiger partial charge in [0.15, 0.2) is 0 Å². The molecule has 0 aliphatic carbocycles. The number of nitrogens with zero attached hydrogens (tertiary/aromatic N) is 1. The van der Waals surface area contributed by atoms with E-state index in [2.05, 4.69) is 62.6 Å². The summed E-state index contributed by atoms with van der Waals surface area (Å²) in [6, 6.07) is 12.8. The van der Waals surface area contributed by atoms with Gasteiger partial charge in [0.1, 0.15) is 0 Å². The Kier molecular flexibility index (Phi) is 3.92. The predicted octanol–water partition coefficient (Wildman–Crippen LogP) is 4.35. The van der Waals surface area contributed by atoms with E-state index in [4.69, 9.17) is 0 Å². The van der Waals surface area contributed by atoms with Crippen LogP contribution >= 0.6 is 27.3 Å². The molecule has 2 heterocycles. The van der Waals surface area contributed by atoms with Gasteiger partial charge in [-0.1, -0.05) is 12.1 Å². The highest BCUT2D eigenvalue weighted by Crippen LogP contribution is 2.22. The Bertz CT molecular complexity index is 693. The number of aromatic nitrogens is 1. The van der Waals surface area contributed by atoms with Crippen molar-refractivity contribution in [2.75, 3.05) is 0 Å². The van der Waals surface area contributed by atoms with E-state index in [1.807, 2.05) is 12.4 Å². The van der Waals surface area contributed by atoms with Gasteiger partial charge in [0.25, 0.3) is 0 Å². The summed E-state index contributed by atoms with van der Waals surface area (Å²) >= 11 is 5.25. The Morgan fingerprint density at radius 1 is 1.05 bits per heavy atom. The Morgan fingerprint density at radius 3 is 2.84 bits per heavy atom. The van der Waals surface area contributed by atoms with E-state index in [9.17, 15) is 0 Å². The lowest BCUT2D eigenvalue weighted by atomic mass is 10.1. The van der Waals surface area contributed by atoms with Gasteiger partial charge in [0.2, 0.25) is 0 Å². The molecule has 1 N–H and O–H groups in total. The average Bonchev–Trinajstić information content (AvgIpc) is 2.84. The van der Waals surface area contributed by atoms with Gasteiger partial charge in [-0.25, -0.2) is 0 Å². The second-order valence-corrected chi connectivity index (χ2v) is 6.91. The molecule has 0 aliphatic rings. The molecule has 4 heteroatoms. The van der Waals surface area contributed by atoms with E-state index < -0.39 is 0 Å². The predicted molar refractivity (Wildman–Crippen MR) is 84.3 cm³/mol. The first-order chi connectivity index (χ1) is 9.31. The van der Waals surface area contributed by atoms with E-state index in [-0.39, 0.29) is 0 Å². The lowest BCUT2D eigenvalue weighted by Gasteiger charge is -2.05. The van der Waals surface area contributed by atoms with Gasteiger partial charge < -0.3 is 5.32 Å². The minimum Gasteiger partial charge on any atom is -0.308 e. The van der Waals surface area contributed by atoms with Crippen molar-refractivity contribution in [3.8, 4) is 0 Å². The largest absolute Gasteiger partial charge is 0.308 e. The quantitative estimate of drug-likeness (QED) is 0.768. The number of hydrogen-bond donors (Lipinski definition) is 1. The maximum absolute atomic E-state index is 4.13. The molecule has 0 aliphatic heterocycles. The third-order valence-electron chi connectivity index (χ3n) is 2.96. The summed E-state index contributed by atoms with van der Waals surface area (Å²) in [6.07, 6.45) is 3.73. The number of pyridine rings is 1. The van der Waals surface area contributed by atoms with Crippen LogP contribution < -0.4 is 5.32 Å². The molecule has 3 aromatic rings. The van der Waals surface area contributed by atoms with Crippen molar-refractivity contribution in [2.24, 2.45) is 0 Å². The van der Waals surface area contributed by atoms with Crippen LogP contribution in [-0.4, -0.2) is 4.98 Å². The van der Waals surface area contributed by atoms with Crippen LogP contribution in [0.2, 0.25) is 0 Å². The summed E-state index contributed by atoms with van der Waals surface area (Å²) in [5, 5.41) is 5.90. The second-order valence-electron chi connectivity index (χ2n) is 4.37. The third kappa shape index (κ3) is 3.21. The van der Waals surface area contributed by atoms with Gasteiger partial charge >= 0.3 is 0 Å². The molecule has 0 atom stereocenters. The van der Waals surface area contributed by atoms with Crippen LogP contribution in [0.15, 0.2) is 52.6 Å². The smallest absolute Gasteiger partial charge is 0.0701 e. The van der Waals surface area contributed by atoms with Crippen LogP contribution in [0.5, 0.6) is 0 Å². The topological polar surface area (TPSA) is 24.9 Å². The first kappa shape index (κ1) is 12.8. The number of fused-ring (bicyclic) bond motifs is 1. The number of nitrogens with one attached hydrogen (secondary N) is 1. The lowest BCUT2D eigenvalue weighted by molar-refractivity contribution is 0.701. The molecule has 0 spiro atoms. The molecule has 0 bridgehead atoms. The van der Waals surface area contributed by atoms with Crippen molar-refractivity contribution in [3.05, 3.63) is 63.0 Å². The fourth-order valence-electron chi connectivity index (χ4n) is 2.02. The molecule has 0 unspecified atom stereocenters. The molecule has 0 radical (unpaired) electrons. The Hall–Kier alpha value is -1.23. The monoisotopic (exact) mass is 332 g/mol. The highest BCUT2D eigenvalue weighted by Gasteiger charge is 1.99. The van der Waals surface area contributed by atoms with Crippen molar-refractivity contribution >= 4 is 38.0 Å². The average molecular weight is 333 g/mol. The summed E-state index contributed by atoms with van der Waals surface area (Å²) < 4.78 is 1.18. The van der Waals surface area contributed by atoms with Gasteiger partial charge in [0, 0.05) is 35.7 Å². The first-order valence-corrected chi connectivity index (χ1v) is 7.70. The van der Waals surface area contributed by atoms with Gasteiger partial charge in [-0.3, -0.25) is 4.98 Å². The van der Waals surface area contributed by atoms with Gasteiger partial charge in [-0.2, -0.15) is 0 Å². The van der Waals surface area contributed by atoms with E-state index in [1.54, 1.807) is 11.3 Å². The van der Waals surface area contributed by atoms with Gasteiger partial charge in [-0.15, -0.1) is 11.3 Å². The summed E-state index contributed by atoms with van der Waals surface area (Å²) in [7, 11) is 0. The number of thiophene rings is 1. The number of benzene rings is 1. The van der Waals surface area contributed by atoms with Crippen LogP contribution in [0.3, 0.4) is 0 Å². The maximum atomic E-state index is 4.13. The fraction of sp³-hybridized carbons (Fsp3) is 0.133. The number of halogens is 1. The second kappa shape index (κ2) is 5.82. The van der Waals surface area contributed by atoms with Crippen LogP contribution in [0.4, 0.5) is 0 Å². The van der Waals surface area contributed by atoms with E-state index in [0.29, 0.717) is 0 Å². The molecule has 2 nitrogen and oxygen atoms in total. The third-order valence-corrected chi connectivity index (χ3v) is 4.59. The molecule has 2 aromatic heterocycles.